The average Bonchev–Trinajstić information content (AvgIpc) is 3.72. The van der Waals surface area contributed by atoms with Gasteiger partial charge in [-0.05, 0) is 85.0 Å². The van der Waals surface area contributed by atoms with Crippen LogP contribution in [0.1, 0.15) is 65.7 Å². The Morgan fingerprint density at radius 1 is 0.974 bits per heavy atom. The maximum absolute atomic E-state index is 13.0. The van der Waals surface area contributed by atoms with Gasteiger partial charge in [0, 0.05) is 36.7 Å². The molecule has 0 radical (unpaired) electrons. The third-order valence-corrected chi connectivity index (χ3v) is 7.54. The monoisotopic (exact) mass is 524 g/mol. The van der Waals surface area contributed by atoms with Crippen molar-refractivity contribution in [2.45, 2.75) is 58.2 Å². The highest BCUT2D eigenvalue weighted by molar-refractivity contribution is 5.94. The zero-order valence-electron chi connectivity index (χ0n) is 22.8. The number of carbonyl (C=O) groups is 3. The molecule has 1 unspecified atom stereocenters. The Labute approximate surface area is 229 Å². The van der Waals surface area contributed by atoms with Crippen molar-refractivity contribution in [1.82, 2.24) is 15.5 Å². The molecule has 1 saturated carbocycles. The number of nitrogens with zero attached hydrogens (tertiary/aromatic N) is 1. The van der Waals surface area contributed by atoms with E-state index in [4.69, 9.17) is 5.73 Å². The van der Waals surface area contributed by atoms with Crippen LogP contribution in [0.25, 0.3) is 11.1 Å². The summed E-state index contributed by atoms with van der Waals surface area (Å²) >= 11 is 0. The number of nitrogens with two attached hydrogens (primary N) is 1. The van der Waals surface area contributed by atoms with Gasteiger partial charge >= 0.3 is 6.03 Å². The zero-order valence-corrected chi connectivity index (χ0v) is 22.8. The van der Waals surface area contributed by atoms with Crippen molar-refractivity contribution in [2.75, 3.05) is 6.54 Å². The Bertz CT molecular complexity index is 1410. The number of amides is 4. The van der Waals surface area contributed by atoms with Crippen molar-refractivity contribution >= 4 is 17.8 Å². The summed E-state index contributed by atoms with van der Waals surface area (Å²) in [6, 6.07) is 21.5. The molecule has 2 atom stereocenters. The van der Waals surface area contributed by atoms with Crippen LogP contribution in [0.4, 0.5) is 4.79 Å². The van der Waals surface area contributed by atoms with Gasteiger partial charge in [0.15, 0.2) is 0 Å². The van der Waals surface area contributed by atoms with Crippen molar-refractivity contribution in [1.29, 1.82) is 0 Å². The lowest BCUT2D eigenvalue weighted by Crippen LogP contribution is -2.50. The highest BCUT2D eigenvalue weighted by atomic mass is 16.2. The van der Waals surface area contributed by atoms with Crippen LogP contribution in [0.15, 0.2) is 66.7 Å². The number of carbonyl (C=O) groups excluding carboxylic acids is 3. The fraction of sp³-hybridized carbons (Fsp3) is 0.344. The average molecular weight is 525 g/mol. The highest BCUT2D eigenvalue weighted by Crippen LogP contribution is 2.47. The van der Waals surface area contributed by atoms with Crippen molar-refractivity contribution in [2.24, 2.45) is 11.7 Å². The van der Waals surface area contributed by atoms with E-state index >= 15 is 0 Å². The summed E-state index contributed by atoms with van der Waals surface area (Å²) in [6.45, 7) is 7.32. The van der Waals surface area contributed by atoms with E-state index in [2.05, 4.69) is 28.8 Å². The second-order valence-corrected chi connectivity index (χ2v) is 11.6. The van der Waals surface area contributed by atoms with Gasteiger partial charge in [-0.1, -0.05) is 54.6 Å². The number of nitrogens with one attached hydrogen (secondary N) is 2. The van der Waals surface area contributed by atoms with E-state index in [1.165, 1.54) is 5.56 Å². The number of primary amides is 1. The maximum atomic E-state index is 13.0. The second kappa shape index (κ2) is 10.6. The van der Waals surface area contributed by atoms with Crippen molar-refractivity contribution in [3.8, 4) is 11.1 Å². The van der Waals surface area contributed by atoms with Crippen LogP contribution in [0.2, 0.25) is 0 Å². The molecule has 1 aliphatic carbocycles. The smallest absolute Gasteiger partial charge is 0.318 e. The lowest BCUT2D eigenvalue weighted by atomic mass is 9.87. The predicted octanol–water partition coefficient (Wildman–Crippen LogP) is 4.74. The Hall–Kier alpha value is -4.13. The van der Waals surface area contributed by atoms with E-state index in [9.17, 15) is 14.4 Å². The lowest BCUT2D eigenvalue weighted by molar-refractivity contribution is -0.122. The van der Waals surface area contributed by atoms with Gasteiger partial charge in [-0.3, -0.25) is 9.59 Å². The minimum Gasteiger partial charge on any atom is -0.366 e. The largest absolute Gasteiger partial charge is 0.366 e. The summed E-state index contributed by atoms with van der Waals surface area (Å²) in [4.78, 5) is 39.7. The maximum Gasteiger partial charge on any atom is 0.318 e. The molecule has 3 aromatic rings. The highest BCUT2D eigenvalue weighted by Gasteiger charge is 2.43. The van der Waals surface area contributed by atoms with Gasteiger partial charge < -0.3 is 21.3 Å². The minimum atomic E-state index is -0.469. The van der Waals surface area contributed by atoms with Crippen molar-refractivity contribution in [3.05, 3.63) is 94.5 Å². The normalized spacial score (nSPS) is 18.2. The first-order chi connectivity index (χ1) is 18.6. The summed E-state index contributed by atoms with van der Waals surface area (Å²) in [7, 11) is 0. The van der Waals surface area contributed by atoms with E-state index < -0.39 is 5.91 Å². The molecule has 4 amide bonds. The first-order valence-electron chi connectivity index (χ1n) is 13.5. The molecule has 0 spiro atoms. The van der Waals surface area contributed by atoms with Crippen LogP contribution in [-0.4, -0.2) is 34.8 Å². The Morgan fingerprint density at radius 2 is 1.74 bits per heavy atom. The van der Waals surface area contributed by atoms with E-state index in [0.29, 0.717) is 31.6 Å². The number of rotatable bonds is 6. The van der Waals surface area contributed by atoms with Crippen LogP contribution < -0.4 is 16.4 Å². The van der Waals surface area contributed by atoms with Crippen molar-refractivity contribution < 1.29 is 14.4 Å². The molecule has 202 valence electrons. The Balaban J connectivity index is 1.40. The summed E-state index contributed by atoms with van der Waals surface area (Å²) in [5.74, 6) is -0.136. The Kier molecular flexibility index (Phi) is 7.17. The number of hydrogen-bond acceptors (Lipinski definition) is 3. The number of urea groups is 1. The zero-order chi connectivity index (χ0) is 27.7. The van der Waals surface area contributed by atoms with E-state index in [0.717, 1.165) is 34.2 Å². The molecule has 0 aromatic heterocycles. The molecule has 4 N–H and O–H groups in total. The molecule has 3 aromatic carbocycles. The molecule has 0 saturated heterocycles. The SMILES string of the molecule is CC(C)(C)NC(=O)N1CCc2c(-c3cccc(C(N)=O)c3)ccc(CNC(=O)C3C[C@@H]3c3ccccc3)c2C1. The first kappa shape index (κ1) is 26.5. The summed E-state index contributed by atoms with van der Waals surface area (Å²) in [6.07, 6.45) is 1.54. The fourth-order valence-corrected chi connectivity index (χ4v) is 5.46. The molecule has 1 aliphatic heterocycles. The van der Waals surface area contributed by atoms with Gasteiger partial charge in [0.1, 0.15) is 0 Å². The second-order valence-electron chi connectivity index (χ2n) is 11.6. The van der Waals surface area contributed by atoms with Crippen LogP contribution in [0, 0.1) is 5.92 Å². The van der Waals surface area contributed by atoms with E-state index in [1.54, 1.807) is 6.07 Å². The molecule has 1 heterocycles. The van der Waals surface area contributed by atoms with E-state index in [1.807, 2.05) is 68.1 Å². The molecule has 7 nitrogen and oxygen atoms in total. The number of fused-ring (bicyclic) bond motifs is 1. The molecule has 0 bridgehead atoms. The standard InChI is InChI=1S/C32H36N4O3/c1-32(2,3)35-31(39)36-15-14-25-24(21-10-7-11-22(16-21)29(33)37)13-12-23(28(25)19-36)18-34-30(38)27-17-26(27)20-8-5-4-6-9-20/h4-13,16,26-27H,14-15,17-19H2,1-3H3,(H2,33,37)(H,34,38)(H,35,39)/t26-,27?/m1/s1. The third kappa shape index (κ3) is 5.98. The van der Waals surface area contributed by atoms with Gasteiger partial charge in [-0.25, -0.2) is 4.79 Å². The quantitative estimate of drug-likeness (QED) is 0.434. The molecule has 2 aliphatic rings. The molecule has 7 heteroatoms. The van der Waals surface area contributed by atoms with Gasteiger partial charge in [0.05, 0.1) is 0 Å². The van der Waals surface area contributed by atoms with Crippen molar-refractivity contribution in [3.63, 3.8) is 0 Å². The number of hydrogen-bond donors (Lipinski definition) is 3. The summed E-state index contributed by atoms with van der Waals surface area (Å²) in [5.41, 5.74) is 12.0. The van der Waals surface area contributed by atoms with Gasteiger partial charge in [0.25, 0.3) is 0 Å². The molecular formula is C32H36N4O3. The van der Waals surface area contributed by atoms with Gasteiger partial charge in [-0.2, -0.15) is 0 Å². The van der Waals surface area contributed by atoms with Crippen LogP contribution >= 0.6 is 0 Å². The molecular weight excluding hydrogens is 488 g/mol. The molecule has 5 rings (SSSR count). The van der Waals surface area contributed by atoms with Crippen LogP contribution in [0.3, 0.4) is 0 Å². The topological polar surface area (TPSA) is 105 Å². The van der Waals surface area contributed by atoms with Crippen LogP contribution in [-0.2, 0) is 24.3 Å². The number of benzene rings is 3. The van der Waals surface area contributed by atoms with E-state index in [-0.39, 0.29) is 29.3 Å². The lowest BCUT2D eigenvalue weighted by Gasteiger charge is -2.34. The Morgan fingerprint density at radius 3 is 2.46 bits per heavy atom. The minimum absolute atomic E-state index is 0.00639. The first-order valence-corrected chi connectivity index (χ1v) is 13.5. The summed E-state index contributed by atoms with van der Waals surface area (Å²) < 4.78 is 0. The fourth-order valence-electron chi connectivity index (χ4n) is 5.46. The third-order valence-electron chi connectivity index (χ3n) is 7.54. The molecule has 39 heavy (non-hydrogen) atoms. The molecule has 1 fully saturated rings. The van der Waals surface area contributed by atoms with Crippen LogP contribution in [0.5, 0.6) is 0 Å². The summed E-state index contributed by atoms with van der Waals surface area (Å²) in [5, 5.41) is 6.22. The van der Waals surface area contributed by atoms with Gasteiger partial charge in [-0.15, -0.1) is 0 Å². The predicted molar refractivity (Wildman–Crippen MR) is 152 cm³/mol. The van der Waals surface area contributed by atoms with Gasteiger partial charge in [0.2, 0.25) is 11.8 Å².